The van der Waals surface area contributed by atoms with Gasteiger partial charge in [0.15, 0.2) is 0 Å². The number of carbonyl (C=O) groups excluding carboxylic acids is 1. The number of rotatable bonds is 5. The number of aromatic nitrogens is 4. The summed E-state index contributed by atoms with van der Waals surface area (Å²) in [5, 5.41) is 5.09. The lowest BCUT2D eigenvalue weighted by Gasteiger charge is -2.04. The lowest BCUT2D eigenvalue weighted by molar-refractivity contribution is -0.118. The second-order valence-electron chi connectivity index (χ2n) is 5.85. The molecule has 0 unspecified atom stereocenters. The van der Waals surface area contributed by atoms with Crippen molar-refractivity contribution in [3.05, 3.63) is 48.9 Å². The SMILES string of the molecule is NC(=O)CCn1cc(-c2cnc(N)c(-c3nc4ccccc4s3)c2)cn1. The monoisotopic (exact) mass is 364 g/mol. The van der Waals surface area contributed by atoms with E-state index in [-0.39, 0.29) is 12.3 Å². The largest absolute Gasteiger partial charge is 0.383 e. The van der Waals surface area contributed by atoms with Crippen LogP contribution in [0.15, 0.2) is 48.9 Å². The molecule has 4 rings (SSSR count). The Kier molecular flexibility index (Phi) is 4.10. The second-order valence-corrected chi connectivity index (χ2v) is 6.88. The third-order valence-electron chi connectivity index (χ3n) is 4.00. The van der Waals surface area contributed by atoms with Gasteiger partial charge in [-0.1, -0.05) is 12.1 Å². The average molecular weight is 364 g/mol. The quantitative estimate of drug-likeness (QED) is 0.565. The van der Waals surface area contributed by atoms with Gasteiger partial charge in [-0.3, -0.25) is 9.48 Å². The van der Waals surface area contributed by atoms with Crippen LogP contribution in [0.2, 0.25) is 0 Å². The van der Waals surface area contributed by atoms with Gasteiger partial charge in [0.1, 0.15) is 10.8 Å². The average Bonchev–Trinajstić information content (AvgIpc) is 3.27. The number of amides is 1. The smallest absolute Gasteiger partial charge is 0.219 e. The number of hydrogen-bond acceptors (Lipinski definition) is 6. The molecule has 0 saturated heterocycles. The van der Waals surface area contributed by atoms with E-state index >= 15 is 0 Å². The molecule has 3 aromatic heterocycles. The van der Waals surface area contributed by atoms with Crippen LogP contribution >= 0.6 is 11.3 Å². The molecule has 0 aliphatic rings. The van der Waals surface area contributed by atoms with Crippen molar-refractivity contribution < 1.29 is 4.79 Å². The molecule has 1 aromatic carbocycles. The first-order valence-corrected chi connectivity index (χ1v) is 8.84. The maximum Gasteiger partial charge on any atom is 0.219 e. The van der Waals surface area contributed by atoms with Gasteiger partial charge in [-0.15, -0.1) is 11.3 Å². The van der Waals surface area contributed by atoms with Crippen LogP contribution in [0.4, 0.5) is 5.82 Å². The summed E-state index contributed by atoms with van der Waals surface area (Å²) in [5.41, 5.74) is 14.8. The van der Waals surface area contributed by atoms with Crippen LogP contribution in [0, 0.1) is 0 Å². The Bertz CT molecular complexity index is 1070. The second kappa shape index (κ2) is 6.57. The van der Waals surface area contributed by atoms with Crippen LogP contribution in [0.1, 0.15) is 6.42 Å². The van der Waals surface area contributed by atoms with Gasteiger partial charge in [-0.2, -0.15) is 5.10 Å². The van der Waals surface area contributed by atoms with Crippen LogP contribution in [0.5, 0.6) is 0 Å². The summed E-state index contributed by atoms with van der Waals surface area (Å²) < 4.78 is 2.79. The number of carbonyl (C=O) groups is 1. The highest BCUT2D eigenvalue weighted by molar-refractivity contribution is 7.21. The van der Waals surface area contributed by atoms with Crippen molar-refractivity contribution in [1.29, 1.82) is 0 Å². The summed E-state index contributed by atoms with van der Waals surface area (Å²) in [5.74, 6) is 0.0863. The first-order valence-electron chi connectivity index (χ1n) is 8.03. The van der Waals surface area contributed by atoms with Gasteiger partial charge in [0.2, 0.25) is 5.91 Å². The molecule has 1 amide bonds. The highest BCUT2D eigenvalue weighted by Crippen LogP contribution is 2.34. The Hall–Kier alpha value is -3.26. The number of thiazole rings is 1. The molecule has 8 heteroatoms. The predicted octanol–water partition coefficient (Wildman–Crippen LogP) is 2.68. The van der Waals surface area contributed by atoms with Crippen molar-refractivity contribution in [3.63, 3.8) is 0 Å². The van der Waals surface area contributed by atoms with Crippen molar-refractivity contribution in [2.24, 2.45) is 5.73 Å². The molecular formula is C18H16N6OS. The van der Waals surface area contributed by atoms with Crippen molar-refractivity contribution in [2.45, 2.75) is 13.0 Å². The van der Waals surface area contributed by atoms with E-state index in [0.717, 1.165) is 31.9 Å². The highest BCUT2D eigenvalue weighted by Gasteiger charge is 2.13. The normalized spacial score (nSPS) is 11.1. The maximum atomic E-state index is 10.9. The summed E-state index contributed by atoms with van der Waals surface area (Å²) in [6.07, 6.45) is 5.55. The fraction of sp³-hybridized carbons (Fsp3) is 0.111. The number of nitrogen functional groups attached to an aromatic ring is 1. The first kappa shape index (κ1) is 16.2. The van der Waals surface area contributed by atoms with Gasteiger partial charge in [0.25, 0.3) is 0 Å². The van der Waals surface area contributed by atoms with E-state index in [1.807, 2.05) is 36.5 Å². The molecule has 7 nitrogen and oxygen atoms in total. The van der Waals surface area contributed by atoms with E-state index in [4.69, 9.17) is 11.5 Å². The zero-order chi connectivity index (χ0) is 18.1. The van der Waals surface area contributed by atoms with E-state index < -0.39 is 0 Å². The number of fused-ring (bicyclic) bond motifs is 1. The lowest BCUT2D eigenvalue weighted by atomic mass is 10.1. The number of primary amides is 1. The summed E-state index contributed by atoms with van der Waals surface area (Å²) >= 11 is 1.58. The van der Waals surface area contributed by atoms with Crippen molar-refractivity contribution >= 4 is 33.3 Å². The highest BCUT2D eigenvalue weighted by atomic mass is 32.1. The van der Waals surface area contributed by atoms with Crippen molar-refractivity contribution in [1.82, 2.24) is 19.7 Å². The number of benzene rings is 1. The molecule has 0 radical (unpaired) electrons. The zero-order valence-corrected chi connectivity index (χ0v) is 14.6. The molecule has 3 heterocycles. The molecule has 4 aromatic rings. The number of hydrogen-bond donors (Lipinski definition) is 2. The Morgan fingerprint density at radius 3 is 2.85 bits per heavy atom. The summed E-state index contributed by atoms with van der Waals surface area (Å²) in [4.78, 5) is 19.9. The van der Waals surface area contributed by atoms with Gasteiger partial charge in [0.05, 0.1) is 22.0 Å². The number of nitrogens with two attached hydrogens (primary N) is 2. The van der Waals surface area contributed by atoms with Crippen LogP contribution in [-0.4, -0.2) is 25.7 Å². The summed E-state index contributed by atoms with van der Waals surface area (Å²) in [6, 6.07) is 9.93. The van der Waals surface area contributed by atoms with E-state index in [1.54, 1.807) is 28.4 Å². The molecule has 0 saturated carbocycles. The van der Waals surface area contributed by atoms with Crippen LogP contribution < -0.4 is 11.5 Å². The molecule has 0 bridgehead atoms. The molecular weight excluding hydrogens is 348 g/mol. The molecule has 4 N–H and O–H groups in total. The van der Waals surface area contributed by atoms with Crippen LogP contribution in [0.25, 0.3) is 31.9 Å². The summed E-state index contributed by atoms with van der Waals surface area (Å²) in [7, 11) is 0. The number of anilines is 1. The fourth-order valence-electron chi connectivity index (χ4n) is 2.65. The van der Waals surface area contributed by atoms with Gasteiger partial charge in [-0.05, 0) is 18.2 Å². The molecule has 0 aliphatic carbocycles. The lowest BCUT2D eigenvalue weighted by Crippen LogP contribution is -2.13. The zero-order valence-electron chi connectivity index (χ0n) is 13.8. The molecule has 0 aliphatic heterocycles. The predicted molar refractivity (Wildman–Crippen MR) is 102 cm³/mol. The van der Waals surface area contributed by atoms with Gasteiger partial charge in [0, 0.05) is 36.5 Å². The third kappa shape index (κ3) is 3.14. The Labute approximate surface area is 153 Å². The van der Waals surface area contributed by atoms with Crippen molar-refractivity contribution in [3.8, 4) is 21.7 Å². The minimum absolute atomic E-state index is 0.248. The molecule has 26 heavy (non-hydrogen) atoms. The molecule has 0 atom stereocenters. The molecule has 0 spiro atoms. The van der Waals surface area contributed by atoms with Gasteiger partial charge in [-0.25, -0.2) is 9.97 Å². The minimum atomic E-state index is -0.352. The van der Waals surface area contributed by atoms with Gasteiger partial charge >= 0.3 is 0 Å². The third-order valence-corrected chi connectivity index (χ3v) is 5.07. The molecule has 130 valence electrons. The Balaban J connectivity index is 1.69. The van der Waals surface area contributed by atoms with Crippen molar-refractivity contribution in [2.75, 3.05) is 5.73 Å². The standard InChI is InChI=1S/C18H16N6OS/c19-16(25)5-6-24-10-12(9-22-24)11-7-13(17(20)21-8-11)18-23-14-3-1-2-4-15(14)26-18/h1-4,7-10H,5-6H2,(H2,19,25)(H2,20,21). The fourth-order valence-corrected chi connectivity index (χ4v) is 3.64. The van der Waals surface area contributed by atoms with Crippen LogP contribution in [-0.2, 0) is 11.3 Å². The number of pyridine rings is 1. The topological polar surface area (TPSA) is 113 Å². The van der Waals surface area contributed by atoms with Crippen LogP contribution in [0.3, 0.4) is 0 Å². The maximum absolute atomic E-state index is 10.9. The van der Waals surface area contributed by atoms with E-state index in [2.05, 4.69) is 15.1 Å². The molecule has 0 fully saturated rings. The number of aryl methyl sites for hydroxylation is 1. The number of nitrogens with zero attached hydrogens (tertiary/aromatic N) is 4. The van der Waals surface area contributed by atoms with E-state index in [0.29, 0.717) is 12.4 Å². The number of para-hydroxylation sites is 1. The summed E-state index contributed by atoms with van der Waals surface area (Å²) in [6.45, 7) is 0.447. The Morgan fingerprint density at radius 1 is 1.19 bits per heavy atom. The van der Waals surface area contributed by atoms with Gasteiger partial charge < -0.3 is 11.5 Å². The van der Waals surface area contributed by atoms with E-state index in [1.165, 1.54) is 0 Å². The first-order chi connectivity index (χ1) is 12.6. The van der Waals surface area contributed by atoms with E-state index in [9.17, 15) is 4.79 Å². The minimum Gasteiger partial charge on any atom is -0.383 e. The Morgan fingerprint density at radius 2 is 2.04 bits per heavy atom.